The fraction of sp³-hybridized carbons (Fsp3) is 0.238. The van der Waals surface area contributed by atoms with Gasteiger partial charge in [-0.25, -0.2) is 4.39 Å². The molecule has 0 unspecified atom stereocenters. The van der Waals surface area contributed by atoms with Gasteiger partial charge in [0.05, 0.1) is 6.26 Å². The number of piperidine rings is 1. The zero-order valence-electron chi connectivity index (χ0n) is 15.8. The molecule has 0 N–H and O–H groups in total. The smallest absolute Gasteiger partial charge is 0.276 e. The first-order valence-electron chi connectivity index (χ1n) is 9.57. The molecule has 0 spiro atoms. The highest BCUT2D eigenvalue weighted by molar-refractivity contribution is 7.14. The number of nitrogens with zero attached hydrogens (tertiary/aromatic N) is 4. The summed E-state index contributed by atoms with van der Waals surface area (Å²) in [6.07, 6.45) is 3.27. The lowest BCUT2D eigenvalue weighted by Gasteiger charge is -2.30. The highest BCUT2D eigenvalue weighted by Crippen LogP contribution is 2.34. The Morgan fingerprint density at radius 2 is 2.07 bits per heavy atom. The number of rotatable bonds is 4. The number of carbonyl (C=O) groups is 1. The van der Waals surface area contributed by atoms with Crippen molar-refractivity contribution in [1.82, 2.24) is 20.3 Å². The molecule has 3 aromatic heterocycles. The van der Waals surface area contributed by atoms with E-state index in [0.29, 0.717) is 35.2 Å². The minimum absolute atomic E-state index is 0.0529. The summed E-state index contributed by atoms with van der Waals surface area (Å²) in [7, 11) is 0. The Balaban J connectivity index is 1.32. The molecule has 4 aromatic rings. The van der Waals surface area contributed by atoms with Crippen molar-refractivity contribution in [3.63, 3.8) is 0 Å². The summed E-state index contributed by atoms with van der Waals surface area (Å²) in [6.45, 7) is 1.14. The summed E-state index contributed by atoms with van der Waals surface area (Å²) in [5, 5.41) is 13.7. The fourth-order valence-corrected chi connectivity index (χ4v) is 4.58. The number of aromatic nitrogens is 3. The first kappa shape index (κ1) is 18.7. The van der Waals surface area contributed by atoms with E-state index in [1.165, 1.54) is 23.7 Å². The quantitative estimate of drug-likeness (QED) is 0.476. The second-order valence-electron chi connectivity index (χ2n) is 7.07. The van der Waals surface area contributed by atoms with Crippen LogP contribution < -0.4 is 0 Å². The monoisotopic (exact) mass is 424 g/mol. The summed E-state index contributed by atoms with van der Waals surface area (Å²) in [5.74, 6) is 0.472. The molecule has 9 heteroatoms. The second-order valence-corrected chi connectivity index (χ2v) is 8.08. The van der Waals surface area contributed by atoms with Crippen LogP contribution in [0.2, 0.25) is 0 Å². The third-order valence-corrected chi connectivity index (χ3v) is 6.22. The van der Waals surface area contributed by atoms with Gasteiger partial charge in [0, 0.05) is 30.6 Å². The molecule has 1 amide bonds. The average Bonchev–Trinajstić information content (AvgIpc) is 3.55. The lowest BCUT2D eigenvalue weighted by atomic mass is 9.98. The van der Waals surface area contributed by atoms with Crippen LogP contribution in [0.3, 0.4) is 0 Å². The van der Waals surface area contributed by atoms with E-state index in [9.17, 15) is 9.18 Å². The Labute approximate surface area is 175 Å². The van der Waals surface area contributed by atoms with Crippen LogP contribution in [0.1, 0.15) is 34.3 Å². The zero-order valence-corrected chi connectivity index (χ0v) is 16.6. The SMILES string of the molecule is O=C(c1cc(-c2ccco2)on1)N1CCC[C@H](c2nnc(-c3ccccc3F)s2)C1. The number of halogens is 1. The van der Waals surface area contributed by atoms with E-state index in [1.807, 2.05) is 0 Å². The Morgan fingerprint density at radius 3 is 2.90 bits per heavy atom. The van der Waals surface area contributed by atoms with Crippen LogP contribution in [-0.4, -0.2) is 39.3 Å². The zero-order chi connectivity index (χ0) is 20.5. The molecule has 1 aromatic carbocycles. The van der Waals surface area contributed by atoms with E-state index >= 15 is 0 Å². The number of likely N-dealkylation sites (tertiary alicyclic amines) is 1. The predicted molar refractivity (Wildman–Crippen MR) is 107 cm³/mol. The molecule has 0 radical (unpaired) electrons. The summed E-state index contributed by atoms with van der Waals surface area (Å²) in [4.78, 5) is 14.7. The van der Waals surface area contributed by atoms with Crippen molar-refractivity contribution in [2.75, 3.05) is 13.1 Å². The van der Waals surface area contributed by atoms with Crippen LogP contribution in [0.4, 0.5) is 4.39 Å². The highest BCUT2D eigenvalue weighted by Gasteiger charge is 2.30. The van der Waals surface area contributed by atoms with Crippen molar-refractivity contribution in [1.29, 1.82) is 0 Å². The number of furan rings is 1. The molecule has 0 aliphatic carbocycles. The molecule has 1 aliphatic rings. The maximum absolute atomic E-state index is 14.0. The summed E-state index contributed by atoms with van der Waals surface area (Å²) < 4.78 is 24.6. The van der Waals surface area contributed by atoms with Crippen LogP contribution >= 0.6 is 11.3 Å². The van der Waals surface area contributed by atoms with Gasteiger partial charge in [0.2, 0.25) is 5.76 Å². The lowest BCUT2D eigenvalue weighted by molar-refractivity contribution is 0.0696. The Bertz CT molecular complexity index is 1170. The maximum atomic E-state index is 14.0. The minimum atomic E-state index is -0.320. The molecule has 4 heterocycles. The first-order valence-corrected chi connectivity index (χ1v) is 10.4. The van der Waals surface area contributed by atoms with E-state index in [0.717, 1.165) is 17.8 Å². The van der Waals surface area contributed by atoms with Gasteiger partial charge >= 0.3 is 0 Å². The largest absolute Gasteiger partial charge is 0.461 e. The molecule has 0 saturated carbocycles. The fourth-order valence-electron chi connectivity index (χ4n) is 3.58. The number of hydrogen-bond donors (Lipinski definition) is 0. The lowest BCUT2D eigenvalue weighted by Crippen LogP contribution is -2.39. The molecule has 1 fully saturated rings. The number of hydrogen-bond acceptors (Lipinski definition) is 7. The van der Waals surface area contributed by atoms with Crippen LogP contribution in [0.25, 0.3) is 22.1 Å². The third-order valence-electron chi connectivity index (χ3n) is 5.10. The van der Waals surface area contributed by atoms with Crippen molar-refractivity contribution < 1.29 is 18.1 Å². The van der Waals surface area contributed by atoms with Gasteiger partial charge < -0.3 is 13.8 Å². The Kier molecular flexibility index (Phi) is 4.88. The second kappa shape index (κ2) is 7.83. The summed E-state index contributed by atoms with van der Waals surface area (Å²) >= 11 is 1.37. The molecule has 152 valence electrons. The number of carbonyl (C=O) groups excluding carboxylic acids is 1. The molecule has 1 aliphatic heterocycles. The van der Waals surface area contributed by atoms with E-state index in [-0.39, 0.29) is 23.3 Å². The Hall–Kier alpha value is -3.33. The molecular weight excluding hydrogens is 407 g/mol. The van der Waals surface area contributed by atoms with Gasteiger partial charge in [0.15, 0.2) is 16.5 Å². The van der Waals surface area contributed by atoms with Crippen molar-refractivity contribution in [2.24, 2.45) is 0 Å². The van der Waals surface area contributed by atoms with Gasteiger partial charge in [-0.3, -0.25) is 4.79 Å². The Morgan fingerprint density at radius 1 is 1.17 bits per heavy atom. The molecule has 1 atom stereocenters. The number of amides is 1. The van der Waals surface area contributed by atoms with Crippen molar-refractivity contribution >= 4 is 17.2 Å². The van der Waals surface area contributed by atoms with E-state index in [4.69, 9.17) is 8.94 Å². The standard InChI is InChI=1S/C21H17FN4O3S/c22-15-7-2-1-6-14(15)20-24-23-19(30-20)13-5-3-9-26(12-13)21(27)16-11-18(29-25-16)17-8-4-10-28-17/h1-2,4,6-8,10-11,13H,3,5,9,12H2/t13-/m0/s1. The van der Waals surface area contributed by atoms with Crippen molar-refractivity contribution in [3.8, 4) is 22.1 Å². The van der Waals surface area contributed by atoms with E-state index < -0.39 is 0 Å². The molecular formula is C21H17FN4O3S. The van der Waals surface area contributed by atoms with Gasteiger partial charge in [0.1, 0.15) is 10.8 Å². The van der Waals surface area contributed by atoms with Gasteiger partial charge in [-0.2, -0.15) is 0 Å². The topological polar surface area (TPSA) is 85.3 Å². The van der Waals surface area contributed by atoms with Crippen LogP contribution in [0.15, 0.2) is 57.7 Å². The van der Waals surface area contributed by atoms with Crippen LogP contribution in [0, 0.1) is 5.82 Å². The number of benzene rings is 1. The third kappa shape index (κ3) is 3.52. The summed E-state index contributed by atoms with van der Waals surface area (Å²) in [6, 6.07) is 11.6. The molecule has 5 rings (SSSR count). The molecule has 1 saturated heterocycles. The normalized spacial score (nSPS) is 16.7. The maximum Gasteiger partial charge on any atom is 0.276 e. The predicted octanol–water partition coefficient (Wildman–Crippen LogP) is 4.61. The van der Waals surface area contributed by atoms with Crippen molar-refractivity contribution in [2.45, 2.75) is 18.8 Å². The minimum Gasteiger partial charge on any atom is -0.461 e. The van der Waals surface area contributed by atoms with Crippen LogP contribution in [0.5, 0.6) is 0 Å². The van der Waals surface area contributed by atoms with Gasteiger partial charge in [-0.05, 0) is 37.1 Å². The van der Waals surface area contributed by atoms with Crippen LogP contribution in [-0.2, 0) is 0 Å². The first-order chi connectivity index (χ1) is 14.7. The molecule has 7 nitrogen and oxygen atoms in total. The molecule has 30 heavy (non-hydrogen) atoms. The summed E-state index contributed by atoms with van der Waals surface area (Å²) in [5.41, 5.74) is 0.685. The van der Waals surface area contributed by atoms with Gasteiger partial charge in [-0.1, -0.05) is 28.6 Å². The van der Waals surface area contributed by atoms with Gasteiger partial charge in [-0.15, -0.1) is 10.2 Å². The highest BCUT2D eigenvalue weighted by atomic mass is 32.1. The van der Waals surface area contributed by atoms with Gasteiger partial charge in [0.25, 0.3) is 5.91 Å². The van der Waals surface area contributed by atoms with Crippen molar-refractivity contribution in [3.05, 3.63) is 65.2 Å². The average molecular weight is 424 g/mol. The van der Waals surface area contributed by atoms with E-state index in [1.54, 1.807) is 41.3 Å². The van der Waals surface area contributed by atoms with E-state index in [2.05, 4.69) is 15.4 Å². The molecule has 0 bridgehead atoms.